The van der Waals surface area contributed by atoms with Crippen LogP contribution in [-0.2, 0) is 6.61 Å². The van der Waals surface area contributed by atoms with Gasteiger partial charge < -0.3 is 9.26 Å². The van der Waals surface area contributed by atoms with Crippen LogP contribution in [0.2, 0.25) is 0 Å². The maximum Gasteiger partial charge on any atom is 0.223 e. The largest absolute Gasteiger partial charge is 0.482 e. The van der Waals surface area contributed by atoms with Crippen molar-refractivity contribution in [1.29, 1.82) is 0 Å². The highest BCUT2D eigenvalue weighted by Gasteiger charge is 2.08. The molecule has 16 heavy (non-hydrogen) atoms. The molecule has 1 heterocycles. The quantitative estimate of drug-likeness (QED) is 0.800. The van der Waals surface area contributed by atoms with E-state index in [4.69, 9.17) is 9.26 Å². The minimum absolute atomic E-state index is 0.0950. The zero-order chi connectivity index (χ0) is 11.5. The van der Waals surface area contributed by atoms with Crippen LogP contribution in [0.15, 0.2) is 22.7 Å². The Hall–Kier alpha value is -1.91. The molecular weight excluding hydrogens is 211 g/mol. The molecule has 0 aliphatic rings. The second-order valence-electron chi connectivity index (χ2n) is 3.41. The SMILES string of the molecule is Cc1nc(COc2cccc(C)c2F)no1. The molecule has 5 heteroatoms. The average molecular weight is 222 g/mol. The van der Waals surface area contributed by atoms with Gasteiger partial charge in [0.05, 0.1) is 0 Å². The van der Waals surface area contributed by atoms with Gasteiger partial charge in [0.1, 0.15) is 0 Å². The van der Waals surface area contributed by atoms with Crippen molar-refractivity contribution in [3.63, 3.8) is 0 Å². The van der Waals surface area contributed by atoms with Crippen molar-refractivity contribution < 1.29 is 13.7 Å². The third-order valence-corrected chi connectivity index (χ3v) is 2.08. The van der Waals surface area contributed by atoms with E-state index in [1.54, 1.807) is 32.0 Å². The molecule has 2 rings (SSSR count). The van der Waals surface area contributed by atoms with Crippen LogP contribution < -0.4 is 4.74 Å². The van der Waals surface area contributed by atoms with Crippen LogP contribution in [0.4, 0.5) is 4.39 Å². The number of aryl methyl sites for hydroxylation is 2. The summed E-state index contributed by atoms with van der Waals surface area (Å²) >= 11 is 0. The zero-order valence-electron chi connectivity index (χ0n) is 9.03. The Kier molecular flexibility index (Phi) is 2.85. The Morgan fingerprint density at radius 1 is 1.38 bits per heavy atom. The topological polar surface area (TPSA) is 48.2 Å². The number of benzene rings is 1. The number of hydrogen-bond donors (Lipinski definition) is 0. The molecular formula is C11H11FN2O2. The van der Waals surface area contributed by atoms with E-state index >= 15 is 0 Å². The molecule has 0 fully saturated rings. The van der Waals surface area contributed by atoms with Crippen LogP contribution >= 0.6 is 0 Å². The molecule has 0 radical (unpaired) electrons. The third kappa shape index (κ3) is 2.18. The summed E-state index contributed by atoms with van der Waals surface area (Å²) in [5, 5.41) is 3.65. The van der Waals surface area contributed by atoms with Crippen LogP contribution in [0.1, 0.15) is 17.3 Å². The molecule has 0 amide bonds. The van der Waals surface area contributed by atoms with E-state index in [2.05, 4.69) is 10.1 Å². The van der Waals surface area contributed by atoms with Crippen molar-refractivity contribution in [1.82, 2.24) is 10.1 Å². The Morgan fingerprint density at radius 3 is 2.88 bits per heavy atom. The molecule has 0 bridgehead atoms. The molecule has 0 N–H and O–H groups in total. The van der Waals surface area contributed by atoms with Crippen molar-refractivity contribution >= 4 is 0 Å². The van der Waals surface area contributed by atoms with E-state index in [1.165, 1.54) is 0 Å². The highest BCUT2D eigenvalue weighted by molar-refractivity contribution is 5.30. The van der Waals surface area contributed by atoms with Gasteiger partial charge in [0.2, 0.25) is 11.7 Å². The first-order valence-corrected chi connectivity index (χ1v) is 4.84. The molecule has 1 aromatic heterocycles. The van der Waals surface area contributed by atoms with E-state index < -0.39 is 0 Å². The Balaban J connectivity index is 2.07. The maximum absolute atomic E-state index is 13.5. The van der Waals surface area contributed by atoms with Gasteiger partial charge in [-0.15, -0.1) is 0 Å². The van der Waals surface area contributed by atoms with Gasteiger partial charge in [0, 0.05) is 6.92 Å². The standard InChI is InChI=1S/C11H11FN2O2/c1-7-4-3-5-9(11(7)12)15-6-10-13-8(2)16-14-10/h3-5H,6H2,1-2H3. The van der Waals surface area contributed by atoms with Crippen LogP contribution in [-0.4, -0.2) is 10.1 Å². The molecule has 0 atom stereocenters. The molecule has 0 unspecified atom stereocenters. The molecule has 0 saturated carbocycles. The van der Waals surface area contributed by atoms with Crippen LogP contribution in [0.5, 0.6) is 5.75 Å². The van der Waals surface area contributed by atoms with Crippen molar-refractivity contribution in [2.45, 2.75) is 20.5 Å². The summed E-state index contributed by atoms with van der Waals surface area (Å²) in [7, 11) is 0. The number of rotatable bonds is 3. The van der Waals surface area contributed by atoms with E-state index in [9.17, 15) is 4.39 Å². The third-order valence-electron chi connectivity index (χ3n) is 2.08. The van der Waals surface area contributed by atoms with Crippen molar-refractivity contribution in [2.24, 2.45) is 0 Å². The number of nitrogens with zero attached hydrogens (tertiary/aromatic N) is 2. The summed E-state index contributed by atoms with van der Waals surface area (Å²) < 4.78 is 23.5. The lowest BCUT2D eigenvalue weighted by atomic mass is 10.2. The lowest BCUT2D eigenvalue weighted by molar-refractivity contribution is 0.272. The van der Waals surface area contributed by atoms with Crippen LogP contribution in [0.25, 0.3) is 0 Å². The minimum atomic E-state index is -0.359. The summed E-state index contributed by atoms with van der Waals surface area (Å²) in [6.07, 6.45) is 0. The van der Waals surface area contributed by atoms with Gasteiger partial charge in [-0.1, -0.05) is 17.3 Å². The molecule has 0 spiro atoms. The van der Waals surface area contributed by atoms with Gasteiger partial charge in [-0.25, -0.2) is 4.39 Å². The first-order chi connectivity index (χ1) is 7.66. The second kappa shape index (κ2) is 4.30. The fraction of sp³-hybridized carbons (Fsp3) is 0.273. The highest BCUT2D eigenvalue weighted by atomic mass is 19.1. The van der Waals surface area contributed by atoms with Gasteiger partial charge in [-0.3, -0.25) is 0 Å². The zero-order valence-corrected chi connectivity index (χ0v) is 9.03. The first-order valence-electron chi connectivity index (χ1n) is 4.84. The fourth-order valence-corrected chi connectivity index (χ4v) is 1.27. The second-order valence-corrected chi connectivity index (χ2v) is 3.41. The van der Waals surface area contributed by atoms with E-state index in [0.717, 1.165) is 0 Å². The summed E-state index contributed by atoms with van der Waals surface area (Å²) in [6.45, 7) is 3.46. The first kappa shape index (κ1) is 10.6. The molecule has 0 aliphatic carbocycles. The molecule has 0 aliphatic heterocycles. The van der Waals surface area contributed by atoms with E-state index in [-0.39, 0.29) is 18.2 Å². The number of ether oxygens (including phenoxy) is 1. The summed E-state index contributed by atoms with van der Waals surface area (Å²) in [5.74, 6) is 0.701. The van der Waals surface area contributed by atoms with Gasteiger partial charge in [-0.05, 0) is 18.6 Å². The maximum atomic E-state index is 13.5. The van der Waals surface area contributed by atoms with Gasteiger partial charge in [-0.2, -0.15) is 4.98 Å². The molecule has 1 aromatic carbocycles. The highest BCUT2D eigenvalue weighted by Crippen LogP contribution is 2.20. The number of aromatic nitrogens is 2. The average Bonchev–Trinajstić information content (AvgIpc) is 2.67. The molecule has 4 nitrogen and oxygen atoms in total. The van der Waals surface area contributed by atoms with Gasteiger partial charge >= 0.3 is 0 Å². The molecule has 84 valence electrons. The summed E-state index contributed by atoms with van der Waals surface area (Å²) in [6, 6.07) is 4.98. The monoisotopic (exact) mass is 222 g/mol. The van der Waals surface area contributed by atoms with Crippen LogP contribution in [0.3, 0.4) is 0 Å². The van der Waals surface area contributed by atoms with E-state index in [1.807, 2.05) is 0 Å². The lowest BCUT2D eigenvalue weighted by Gasteiger charge is -2.05. The van der Waals surface area contributed by atoms with Gasteiger partial charge in [0.25, 0.3) is 0 Å². The van der Waals surface area contributed by atoms with Crippen LogP contribution in [0, 0.1) is 19.7 Å². The minimum Gasteiger partial charge on any atom is -0.482 e. The van der Waals surface area contributed by atoms with Crippen molar-refractivity contribution in [3.05, 3.63) is 41.3 Å². The molecule has 2 aromatic rings. The van der Waals surface area contributed by atoms with Gasteiger partial charge in [0.15, 0.2) is 18.2 Å². The predicted octanol–water partition coefficient (Wildman–Crippen LogP) is 2.40. The van der Waals surface area contributed by atoms with E-state index in [0.29, 0.717) is 17.3 Å². The van der Waals surface area contributed by atoms with Crippen molar-refractivity contribution in [2.75, 3.05) is 0 Å². The molecule has 0 saturated heterocycles. The number of hydrogen-bond acceptors (Lipinski definition) is 4. The normalized spacial score (nSPS) is 10.4. The summed E-state index contributed by atoms with van der Waals surface area (Å²) in [4.78, 5) is 3.95. The summed E-state index contributed by atoms with van der Waals surface area (Å²) in [5.41, 5.74) is 0.543. The fourth-order valence-electron chi connectivity index (χ4n) is 1.27. The van der Waals surface area contributed by atoms with Crippen molar-refractivity contribution in [3.8, 4) is 5.75 Å². The predicted molar refractivity (Wildman–Crippen MR) is 54.5 cm³/mol. The Morgan fingerprint density at radius 2 is 2.19 bits per heavy atom. The number of halogens is 1. The smallest absolute Gasteiger partial charge is 0.223 e. The lowest BCUT2D eigenvalue weighted by Crippen LogP contribution is -2.00. The Bertz CT molecular complexity index is 496. The Labute approximate surface area is 92.0 Å².